The number of aromatic nitrogens is 2. The first-order chi connectivity index (χ1) is 14.6. The SMILES string of the molecule is O=C(NN=Cc1ccc([N+](=O)[O-])o1)c1cn(-c2ccccc2)nc1-c1ccccc1. The minimum Gasteiger partial charge on any atom is -0.400 e. The van der Waals surface area contributed by atoms with Crippen LogP contribution < -0.4 is 5.43 Å². The quantitative estimate of drug-likeness (QED) is 0.300. The number of furan rings is 1. The highest BCUT2D eigenvalue weighted by Crippen LogP contribution is 2.23. The molecule has 4 aromatic rings. The van der Waals surface area contributed by atoms with E-state index in [2.05, 4.69) is 15.6 Å². The summed E-state index contributed by atoms with van der Waals surface area (Å²) >= 11 is 0. The Morgan fingerprint density at radius 2 is 1.77 bits per heavy atom. The molecule has 2 heterocycles. The van der Waals surface area contributed by atoms with Crippen molar-refractivity contribution in [3.05, 3.63) is 100 Å². The van der Waals surface area contributed by atoms with Crippen molar-refractivity contribution in [3.63, 3.8) is 0 Å². The second kappa shape index (κ2) is 8.23. The third-order valence-corrected chi connectivity index (χ3v) is 4.18. The molecule has 1 amide bonds. The van der Waals surface area contributed by atoms with Crippen LogP contribution in [-0.2, 0) is 0 Å². The summed E-state index contributed by atoms with van der Waals surface area (Å²) in [6, 6.07) is 21.3. The molecule has 0 aliphatic rings. The molecule has 0 fully saturated rings. The molecule has 0 radical (unpaired) electrons. The van der Waals surface area contributed by atoms with Crippen LogP contribution in [0.15, 0.2) is 88.5 Å². The normalized spacial score (nSPS) is 10.9. The molecule has 30 heavy (non-hydrogen) atoms. The third-order valence-electron chi connectivity index (χ3n) is 4.18. The van der Waals surface area contributed by atoms with Crippen LogP contribution in [0.3, 0.4) is 0 Å². The fourth-order valence-electron chi connectivity index (χ4n) is 2.79. The van der Waals surface area contributed by atoms with Gasteiger partial charge < -0.3 is 4.42 Å². The van der Waals surface area contributed by atoms with Crippen LogP contribution in [0.1, 0.15) is 16.1 Å². The molecule has 2 aromatic heterocycles. The van der Waals surface area contributed by atoms with Crippen molar-refractivity contribution in [2.75, 3.05) is 0 Å². The van der Waals surface area contributed by atoms with Crippen LogP contribution in [0, 0.1) is 10.1 Å². The molecule has 0 saturated heterocycles. The average Bonchev–Trinajstić information content (AvgIpc) is 3.43. The van der Waals surface area contributed by atoms with Crippen LogP contribution in [-0.4, -0.2) is 26.8 Å². The van der Waals surface area contributed by atoms with Crippen molar-refractivity contribution in [1.82, 2.24) is 15.2 Å². The van der Waals surface area contributed by atoms with Gasteiger partial charge in [-0.1, -0.05) is 48.5 Å². The molecular weight excluding hydrogens is 386 g/mol. The number of hydrazone groups is 1. The zero-order valence-corrected chi connectivity index (χ0v) is 15.5. The summed E-state index contributed by atoms with van der Waals surface area (Å²) in [5, 5.41) is 19.1. The van der Waals surface area contributed by atoms with E-state index in [1.165, 1.54) is 18.3 Å². The van der Waals surface area contributed by atoms with Crippen LogP contribution in [0.2, 0.25) is 0 Å². The number of amides is 1. The molecule has 0 aliphatic carbocycles. The van der Waals surface area contributed by atoms with Crippen molar-refractivity contribution in [3.8, 4) is 16.9 Å². The van der Waals surface area contributed by atoms with Gasteiger partial charge in [0, 0.05) is 11.8 Å². The first-order valence-corrected chi connectivity index (χ1v) is 8.90. The number of carbonyl (C=O) groups is 1. The number of carbonyl (C=O) groups excluding carboxylic acids is 1. The van der Waals surface area contributed by atoms with Gasteiger partial charge in [-0.15, -0.1) is 0 Å². The van der Waals surface area contributed by atoms with E-state index in [0.29, 0.717) is 11.3 Å². The number of nitro groups is 1. The number of rotatable bonds is 6. The van der Waals surface area contributed by atoms with E-state index in [0.717, 1.165) is 11.3 Å². The molecule has 148 valence electrons. The molecule has 0 unspecified atom stereocenters. The molecule has 2 aromatic carbocycles. The van der Waals surface area contributed by atoms with Gasteiger partial charge in [-0.2, -0.15) is 10.2 Å². The molecular formula is C21H15N5O4. The Bertz CT molecular complexity index is 1210. The standard InChI is InChI=1S/C21H15N5O4/c27-21(23-22-13-17-11-12-19(30-17)26(28)29)18-14-25(16-9-5-2-6-10-16)24-20(18)15-7-3-1-4-8-15/h1-14H,(H,23,27). The van der Waals surface area contributed by atoms with Crippen LogP contribution in [0.25, 0.3) is 16.9 Å². The Kier molecular flexibility index (Phi) is 5.16. The van der Waals surface area contributed by atoms with Gasteiger partial charge in [0.25, 0.3) is 5.91 Å². The summed E-state index contributed by atoms with van der Waals surface area (Å²) in [5.41, 5.74) is 4.82. The fraction of sp³-hybridized carbons (Fsp3) is 0. The minimum atomic E-state index is -0.653. The van der Waals surface area contributed by atoms with E-state index in [-0.39, 0.29) is 5.76 Å². The predicted molar refractivity (Wildman–Crippen MR) is 109 cm³/mol. The van der Waals surface area contributed by atoms with E-state index in [1.807, 2.05) is 60.7 Å². The number of hydrogen-bond donors (Lipinski definition) is 1. The highest BCUT2D eigenvalue weighted by molar-refractivity contribution is 6.00. The van der Waals surface area contributed by atoms with E-state index in [9.17, 15) is 14.9 Å². The van der Waals surface area contributed by atoms with Crippen LogP contribution in [0.5, 0.6) is 0 Å². The maximum Gasteiger partial charge on any atom is 0.433 e. The summed E-state index contributed by atoms with van der Waals surface area (Å²) in [5.74, 6) is -0.739. The summed E-state index contributed by atoms with van der Waals surface area (Å²) in [4.78, 5) is 22.8. The van der Waals surface area contributed by atoms with Gasteiger partial charge >= 0.3 is 5.88 Å². The number of nitrogens with one attached hydrogen (secondary N) is 1. The molecule has 0 aliphatic heterocycles. The van der Waals surface area contributed by atoms with Crippen molar-refractivity contribution in [1.29, 1.82) is 0 Å². The van der Waals surface area contributed by atoms with E-state index < -0.39 is 16.7 Å². The Balaban J connectivity index is 1.61. The molecule has 0 spiro atoms. The summed E-state index contributed by atoms with van der Waals surface area (Å²) in [6.45, 7) is 0. The Morgan fingerprint density at radius 3 is 2.43 bits per heavy atom. The summed E-state index contributed by atoms with van der Waals surface area (Å²) < 4.78 is 6.59. The number of nitrogens with zero attached hydrogens (tertiary/aromatic N) is 4. The topological polar surface area (TPSA) is 116 Å². The van der Waals surface area contributed by atoms with Gasteiger partial charge in [0.2, 0.25) is 0 Å². The highest BCUT2D eigenvalue weighted by Gasteiger charge is 2.18. The molecule has 1 N–H and O–H groups in total. The first kappa shape index (κ1) is 18.8. The summed E-state index contributed by atoms with van der Waals surface area (Å²) in [6.07, 6.45) is 2.81. The molecule has 0 saturated carbocycles. The molecule has 9 nitrogen and oxygen atoms in total. The van der Waals surface area contributed by atoms with Gasteiger partial charge in [0.1, 0.15) is 10.6 Å². The maximum atomic E-state index is 12.8. The second-order valence-electron chi connectivity index (χ2n) is 6.17. The van der Waals surface area contributed by atoms with E-state index in [4.69, 9.17) is 4.42 Å². The zero-order chi connectivity index (χ0) is 20.9. The van der Waals surface area contributed by atoms with Crippen molar-refractivity contribution >= 4 is 18.0 Å². The van der Waals surface area contributed by atoms with Gasteiger partial charge in [0.15, 0.2) is 5.76 Å². The number of benzene rings is 2. The predicted octanol–water partition coefficient (Wildman–Crippen LogP) is 3.80. The monoisotopic (exact) mass is 401 g/mol. The third kappa shape index (κ3) is 3.99. The van der Waals surface area contributed by atoms with Crippen molar-refractivity contribution < 1.29 is 14.1 Å². The average molecular weight is 401 g/mol. The van der Waals surface area contributed by atoms with Gasteiger partial charge in [0.05, 0.1) is 23.5 Å². The fourth-order valence-corrected chi connectivity index (χ4v) is 2.79. The number of para-hydroxylation sites is 1. The second-order valence-corrected chi connectivity index (χ2v) is 6.17. The van der Waals surface area contributed by atoms with Gasteiger partial charge in [-0.3, -0.25) is 14.9 Å². The smallest absolute Gasteiger partial charge is 0.400 e. The molecule has 0 bridgehead atoms. The molecule has 9 heteroatoms. The first-order valence-electron chi connectivity index (χ1n) is 8.90. The lowest BCUT2D eigenvalue weighted by atomic mass is 10.1. The van der Waals surface area contributed by atoms with Crippen molar-refractivity contribution in [2.24, 2.45) is 5.10 Å². The molecule has 0 atom stereocenters. The largest absolute Gasteiger partial charge is 0.433 e. The van der Waals surface area contributed by atoms with E-state index >= 15 is 0 Å². The lowest BCUT2D eigenvalue weighted by molar-refractivity contribution is -0.402. The summed E-state index contributed by atoms with van der Waals surface area (Å²) in [7, 11) is 0. The van der Waals surface area contributed by atoms with Crippen LogP contribution in [0.4, 0.5) is 5.88 Å². The van der Waals surface area contributed by atoms with Gasteiger partial charge in [-0.25, -0.2) is 10.1 Å². The van der Waals surface area contributed by atoms with E-state index in [1.54, 1.807) is 10.9 Å². The lowest BCUT2D eigenvalue weighted by Crippen LogP contribution is -2.17. The highest BCUT2D eigenvalue weighted by atomic mass is 16.6. The lowest BCUT2D eigenvalue weighted by Gasteiger charge is -2.01. The Labute approximate surface area is 170 Å². The van der Waals surface area contributed by atoms with Crippen molar-refractivity contribution in [2.45, 2.75) is 0 Å². The van der Waals surface area contributed by atoms with Gasteiger partial charge in [-0.05, 0) is 18.2 Å². The Morgan fingerprint density at radius 1 is 1.07 bits per heavy atom. The maximum absolute atomic E-state index is 12.8. The van der Waals surface area contributed by atoms with Crippen LogP contribution >= 0.6 is 0 Å². The Hall–Kier alpha value is -4.53. The zero-order valence-electron chi connectivity index (χ0n) is 15.5. The number of hydrogen-bond acceptors (Lipinski definition) is 6. The molecule has 4 rings (SSSR count). The minimum absolute atomic E-state index is 0.144.